The van der Waals surface area contributed by atoms with E-state index in [-0.39, 0.29) is 16.3 Å². The lowest BCUT2D eigenvalue weighted by Gasteiger charge is -2.12. The quantitative estimate of drug-likeness (QED) is 0.0599. The van der Waals surface area contributed by atoms with Crippen LogP contribution >= 0.6 is 15.9 Å². The zero-order chi connectivity index (χ0) is 20.5. The molecule has 0 bridgehead atoms. The van der Waals surface area contributed by atoms with Crippen LogP contribution in [0.15, 0.2) is 0 Å². The lowest BCUT2D eigenvalue weighted by molar-refractivity contribution is -0.0911. The molecular weight excluding hydrogens is 448 g/mol. The van der Waals surface area contributed by atoms with Crippen LogP contribution in [0.5, 0.6) is 0 Å². The van der Waals surface area contributed by atoms with Gasteiger partial charge in [0.05, 0.1) is 0 Å². The fourth-order valence-corrected chi connectivity index (χ4v) is 4.91. The average molecular weight is 494 g/mol. The summed E-state index contributed by atoms with van der Waals surface area (Å²) in [5, 5.41) is 1.08. The first-order valence-corrected chi connectivity index (χ1v) is 14.9. The molecule has 0 fully saturated rings. The molecular formula is C22H45BrO3Si2+2. The first-order chi connectivity index (χ1) is 13.8. The van der Waals surface area contributed by atoms with E-state index in [9.17, 15) is 0 Å². The highest BCUT2D eigenvalue weighted by Crippen LogP contribution is 2.12. The molecule has 3 nitrogen and oxygen atoms in total. The van der Waals surface area contributed by atoms with Crippen molar-refractivity contribution in [2.45, 2.75) is 129 Å². The van der Waals surface area contributed by atoms with E-state index in [1.807, 2.05) is 0 Å². The van der Waals surface area contributed by atoms with E-state index in [4.69, 9.17) is 13.3 Å². The van der Waals surface area contributed by atoms with Crippen molar-refractivity contribution in [1.29, 1.82) is 0 Å². The second-order valence-corrected chi connectivity index (χ2v) is 10.4. The molecule has 0 aliphatic carbocycles. The standard InChI is InChI=1S/C22H45BrO3Si2/c1-3-5-7-9-11-16-20-24-22(18-14-13-15-19-23)25-28-26-27-21-17-12-10-8-6-4-2/h22H,3-21H2,1-2H3/q+2. The van der Waals surface area contributed by atoms with E-state index in [1.54, 1.807) is 0 Å². The Balaban J connectivity index is 3.68. The minimum absolute atomic E-state index is 0.0804. The summed E-state index contributed by atoms with van der Waals surface area (Å²) in [4.78, 5) is 0. The fraction of sp³-hybridized carbons (Fsp3) is 1.00. The Morgan fingerprint density at radius 1 is 0.714 bits per heavy atom. The number of unbranched alkanes of at least 4 members (excludes halogenated alkanes) is 12. The Morgan fingerprint density at radius 2 is 1.32 bits per heavy atom. The molecule has 0 aromatic rings. The number of alkyl halides is 1. The summed E-state index contributed by atoms with van der Waals surface area (Å²) in [7, 11) is 0.701. The molecule has 6 heteroatoms. The third-order valence-corrected chi connectivity index (χ3v) is 7.19. The van der Waals surface area contributed by atoms with Gasteiger partial charge in [-0.2, -0.15) is 4.43 Å². The Hall–Kier alpha value is 0.794. The SMILES string of the molecule is CCCCCCCCOC(CCCCCBr)O[Si+]O[Si+]CCCCCCCC. The molecule has 28 heavy (non-hydrogen) atoms. The van der Waals surface area contributed by atoms with Gasteiger partial charge in [0.1, 0.15) is 6.04 Å². The molecule has 164 valence electrons. The molecule has 0 heterocycles. The summed E-state index contributed by atoms with van der Waals surface area (Å²) in [6.45, 7) is 5.35. The molecule has 2 radical (unpaired) electrons. The zero-order valence-electron chi connectivity index (χ0n) is 18.6. The van der Waals surface area contributed by atoms with E-state index in [0.717, 1.165) is 31.2 Å². The molecule has 0 aliphatic rings. The number of hydrogen-bond donors (Lipinski definition) is 0. The highest BCUT2D eigenvalue weighted by atomic mass is 79.9. The van der Waals surface area contributed by atoms with E-state index < -0.39 is 0 Å². The number of halogens is 1. The minimum Gasteiger partial charge on any atom is -0.349 e. The molecule has 0 saturated heterocycles. The lowest BCUT2D eigenvalue weighted by Crippen LogP contribution is -2.22. The van der Waals surface area contributed by atoms with E-state index >= 15 is 0 Å². The number of hydrogen-bond acceptors (Lipinski definition) is 3. The van der Waals surface area contributed by atoms with E-state index in [2.05, 4.69) is 29.8 Å². The summed E-state index contributed by atoms with van der Waals surface area (Å²) in [6.07, 6.45) is 20.4. The van der Waals surface area contributed by atoms with Crippen LogP contribution in [0, 0.1) is 0 Å². The van der Waals surface area contributed by atoms with Crippen LogP contribution in [0.4, 0.5) is 0 Å². The van der Waals surface area contributed by atoms with Gasteiger partial charge in [-0.15, -0.1) is 0 Å². The van der Waals surface area contributed by atoms with Gasteiger partial charge in [0.2, 0.25) is 0 Å². The molecule has 0 aliphatic heterocycles. The van der Waals surface area contributed by atoms with Crippen LogP contribution in [0.1, 0.15) is 117 Å². The largest absolute Gasteiger partial charge is 0.921 e. The van der Waals surface area contributed by atoms with Crippen LogP contribution in [-0.4, -0.2) is 38.0 Å². The van der Waals surface area contributed by atoms with Gasteiger partial charge in [-0.1, -0.05) is 100 Å². The molecule has 0 saturated carbocycles. The van der Waals surface area contributed by atoms with Crippen molar-refractivity contribution in [2.24, 2.45) is 0 Å². The van der Waals surface area contributed by atoms with Gasteiger partial charge in [-0.05, 0) is 25.7 Å². The summed E-state index contributed by atoms with van der Waals surface area (Å²) in [5.41, 5.74) is 0. The predicted octanol–water partition coefficient (Wildman–Crippen LogP) is 7.61. The van der Waals surface area contributed by atoms with Gasteiger partial charge >= 0.3 is 19.8 Å². The molecule has 0 amide bonds. The first-order valence-electron chi connectivity index (χ1n) is 11.8. The van der Waals surface area contributed by atoms with Gasteiger partial charge in [0.25, 0.3) is 0 Å². The topological polar surface area (TPSA) is 27.7 Å². The number of rotatable bonds is 24. The molecule has 0 aromatic carbocycles. The maximum Gasteiger partial charge on any atom is 0.921 e. The van der Waals surface area contributed by atoms with Crippen LogP contribution in [-0.2, 0) is 13.3 Å². The highest BCUT2D eigenvalue weighted by molar-refractivity contribution is 9.09. The van der Waals surface area contributed by atoms with Crippen LogP contribution in [0.2, 0.25) is 6.04 Å². The van der Waals surface area contributed by atoms with Gasteiger partial charge in [0, 0.05) is 22.5 Å². The van der Waals surface area contributed by atoms with Crippen molar-refractivity contribution in [1.82, 2.24) is 0 Å². The predicted molar refractivity (Wildman–Crippen MR) is 127 cm³/mol. The van der Waals surface area contributed by atoms with Gasteiger partial charge < -0.3 is 4.74 Å². The van der Waals surface area contributed by atoms with Crippen LogP contribution in [0.25, 0.3) is 0 Å². The summed E-state index contributed by atoms with van der Waals surface area (Å²) < 4.78 is 17.7. The van der Waals surface area contributed by atoms with Crippen LogP contribution < -0.4 is 0 Å². The van der Waals surface area contributed by atoms with Crippen molar-refractivity contribution in [3.8, 4) is 0 Å². The highest BCUT2D eigenvalue weighted by Gasteiger charge is 2.33. The monoisotopic (exact) mass is 492 g/mol. The lowest BCUT2D eigenvalue weighted by atomic mass is 10.1. The second kappa shape index (κ2) is 25.8. The zero-order valence-corrected chi connectivity index (χ0v) is 22.2. The van der Waals surface area contributed by atoms with Crippen molar-refractivity contribution < 1.29 is 13.3 Å². The second-order valence-electron chi connectivity index (χ2n) is 7.57. The molecule has 1 unspecified atom stereocenters. The third-order valence-electron chi connectivity index (χ3n) is 4.80. The number of ether oxygens (including phenoxy) is 1. The average Bonchev–Trinajstić information content (AvgIpc) is 2.71. The normalized spacial score (nSPS) is 12.2. The Morgan fingerprint density at radius 3 is 2.00 bits per heavy atom. The third kappa shape index (κ3) is 23.1. The van der Waals surface area contributed by atoms with Crippen LogP contribution in [0.3, 0.4) is 0 Å². The van der Waals surface area contributed by atoms with Gasteiger partial charge in [-0.3, -0.25) is 0 Å². The van der Waals surface area contributed by atoms with Crippen molar-refractivity contribution in [3.05, 3.63) is 0 Å². The maximum atomic E-state index is 6.01. The van der Waals surface area contributed by atoms with Gasteiger partial charge in [-0.25, -0.2) is 0 Å². The first kappa shape index (κ1) is 28.8. The summed E-state index contributed by atoms with van der Waals surface area (Å²) in [6, 6.07) is 1.18. The summed E-state index contributed by atoms with van der Waals surface area (Å²) >= 11 is 3.50. The molecule has 0 rings (SSSR count). The Bertz CT molecular complexity index is 287. The van der Waals surface area contributed by atoms with Gasteiger partial charge in [0.15, 0.2) is 6.29 Å². The van der Waals surface area contributed by atoms with Crippen molar-refractivity contribution in [3.63, 3.8) is 0 Å². The van der Waals surface area contributed by atoms with E-state index in [1.165, 1.54) is 89.5 Å². The van der Waals surface area contributed by atoms with Crippen molar-refractivity contribution >= 4 is 35.7 Å². The molecule has 0 aromatic heterocycles. The smallest absolute Gasteiger partial charge is 0.349 e. The Labute approximate surface area is 189 Å². The molecule has 0 N–H and O–H groups in total. The van der Waals surface area contributed by atoms with E-state index in [0.29, 0.717) is 9.76 Å². The maximum absolute atomic E-state index is 6.01. The molecule has 0 spiro atoms. The molecule has 1 atom stereocenters. The fourth-order valence-electron chi connectivity index (χ4n) is 2.99. The summed E-state index contributed by atoms with van der Waals surface area (Å²) in [5.74, 6) is 0. The van der Waals surface area contributed by atoms with Crippen molar-refractivity contribution in [2.75, 3.05) is 11.9 Å². The minimum atomic E-state index is -0.0804. The Kier molecular flexibility index (Phi) is 26.6.